The van der Waals surface area contributed by atoms with Crippen molar-refractivity contribution in [2.45, 2.75) is 33.6 Å². The van der Waals surface area contributed by atoms with E-state index in [1.54, 1.807) is 10.6 Å². The third-order valence-corrected chi connectivity index (χ3v) is 5.56. The second-order valence-electron chi connectivity index (χ2n) is 8.34. The summed E-state index contributed by atoms with van der Waals surface area (Å²) in [5, 5.41) is 12.9. The fourth-order valence-corrected chi connectivity index (χ4v) is 3.63. The number of carbonyl (C=O) groups is 1. The molecule has 186 valence electrons. The smallest absolute Gasteiger partial charge is 0.236 e. The van der Waals surface area contributed by atoms with Crippen LogP contribution in [0.3, 0.4) is 0 Å². The van der Waals surface area contributed by atoms with Crippen LogP contribution < -0.4 is 0 Å². The van der Waals surface area contributed by atoms with E-state index in [1.807, 2.05) is 33.9 Å². The van der Waals surface area contributed by atoms with Gasteiger partial charge < -0.3 is 19.7 Å². The molecule has 0 aliphatic carbocycles. The number of pyridine rings is 1. The lowest BCUT2D eigenvalue weighted by Crippen LogP contribution is -2.51. The van der Waals surface area contributed by atoms with Crippen LogP contribution >= 0.6 is 0 Å². The van der Waals surface area contributed by atoms with E-state index in [0.717, 1.165) is 34.0 Å². The third kappa shape index (κ3) is 5.14. The topological polar surface area (TPSA) is 96.6 Å². The average Bonchev–Trinajstić information content (AvgIpc) is 3.59. The van der Waals surface area contributed by atoms with Crippen LogP contribution in [0.1, 0.15) is 60.0 Å². The summed E-state index contributed by atoms with van der Waals surface area (Å²) in [6, 6.07) is 1.77. The molecule has 0 spiro atoms. The van der Waals surface area contributed by atoms with Gasteiger partial charge in [-0.2, -0.15) is 5.10 Å². The number of nitrogens with zero attached hydrogens (tertiary/aromatic N) is 6. The van der Waals surface area contributed by atoms with Crippen LogP contribution in [0.5, 0.6) is 0 Å². The van der Waals surface area contributed by atoms with Crippen molar-refractivity contribution in [1.82, 2.24) is 34.3 Å². The molecule has 9 heteroatoms. The van der Waals surface area contributed by atoms with Gasteiger partial charge in [0.1, 0.15) is 12.2 Å². The summed E-state index contributed by atoms with van der Waals surface area (Å²) in [5.74, 6) is -3.17. The predicted octanol–water partition coefficient (Wildman–Crippen LogP) is 3.16. The molecule has 1 saturated heterocycles. The Balaban J connectivity index is 1.76. The van der Waals surface area contributed by atoms with Gasteiger partial charge in [-0.05, 0) is 68.7 Å². The zero-order valence-electron chi connectivity index (χ0n) is 33.1. The Hall–Kier alpha value is -3.46. The van der Waals surface area contributed by atoms with Crippen LogP contribution in [0.2, 0.25) is 0 Å². The van der Waals surface area contributed by atoms with Crippen LogP contribution in [0.4, 0.5) is 0 Å². The van der Waals surface area contributed by atoms with Gasteiger partial charge in [-0.3, -0.25) is 10.2 Å². The van der Waals surface area contributed by atoms with Crippen molar-refractivity contribution in [3.8, 4) is 11.3 Å². The Bertz CT molecular complexity index is 1760. The maximum absolute atomic E-state index is 13.4. The van der Waals surface area contributed by atoms with Gasteiger partial charge in [-0.1, -0.05) is 13.8 Å². The number of aromatic nitrogens is 4. The van der Waals surface area contributed by atoms with Crippen molar-refractivity contribution in [2.75, 3.05) is 46.5 Å². The van der Waals surface area contributed by atoms with E-state index in [0.29, 0.717) is 18.4 Å². The number of piperazine rings is 1. The summed E-state index contributed by atoms with van der Waals surface area (Å²) in [4.78, 5) is 20.1. The molecule has 0 radical (unpaired) electrons. The Kier molecular flexibility index (Phi) is 3.73. The van der Waals surface area contributed by atoms with E-state index >= 15 is 0 Å². The summed E-state index contributed by atoms with van der Waals surface area (Å²) < 4.78 is 108. The number of carbonyl (C=O) groups excluding carboxylic acids is 1. The number of aryl methyl sites for hydroxylation is 1. The molecule has 4 rings (SSSR count). The largest absolute Gasteiger partial charge is 0.355 e. The molecule has 1 fully saturated rings. The maximum Gasteiger partial charge on any atom is 0.236 e. The Labute approximate surface area is 225 Å². The third-order valence-electron chi connectivity index (χ3n) is 5.56. The number of rotatable bonds is 6. The van der Waals surface area contributed by atoms with Crippen molar-refractivity contribution in [3.63, 3.8) is 0 Å². The molecule has 1 amide bonds. The Morgan fingerprint density at radius 3 is 2.71 bits per heavy atom. The summed E-state index contributed by atoms with van der Waals surface area (Å²) >= 11 is 0. The molecule has 1 aliphatic rings. The lowest BCUT2D eigenvalue weighted by atomic mass is 9.96. The van der Waals surface area contributed by atoms with Crippen LogP contribution in [0, 0.1) is 19.3 Å². The molecule has 0 saturated carbocycles. The lowest BCUT2D eigenvalue weighted by molar-refractivity contribution is -0.133. The lowest BCUT2D eigenvalue weighted by Gasteiger charge is -2.35. The molecule has 3 aromatic heterocycles. The molecule has 0 unspecified atom stereocenters. The molecule has 3 aromatic rings. The molecule has 9 nitrogen and oxygen atoms in total. The molecule has 0 bridgehead atoms. The Morgan fingerprint density at radius 2 is 2.03 bits per heavy atom. The van der Waals surface area contributed by atoms with E-state index in [2.05, 4.69) is 15.1 Å². The van der Waals surface area contributed by atoms with Gasteiger partial charge in [0.25, 0.3) is 0 Å². The SMILES string of the molecule is [2H]C([2H])([2H])N(C)C([2H])([2H])C(=O)N1C([2H])([2H])C([2H])([2H])N(C(=N)/C=C\c2cc(C(C)C)c(-c3cn4ncnc4c(C)c3C)[nH]2)C([2H])([2H])C1([2H])[2H]. The van der Waals surface area contributed by atoms with Gasteiger partial charge in [-0.15, -0.1) is 0 Å². The first-order valence-corrected chi connectivity index (χ1v) is 10.8. The summed E-state index contributed by atoms with van der Waals surface area (Å²) in [7, 11) is 0.669. The van der Waals surface area contributed by atoms with Crippen molar-refractivity contribution < 1.29 is 22.6 Å². The minimum absolute atomic E-state index is 0.00271. The van der Waals surface area contributed by atoms with E-state index < -0.39 is 56.1 Å². The molecular formula is C26H36N8O. The van der Waals surface area contributed by atoms with Gasteiger partial charge in [0.2, 0.25) is 5.91 Å². The fourth-order valence-electron chi connectivity index (χ4n) is 3.63. The molecule has 1 aliphatic heterocycles. The van der Waals surface area contributed by atoms with Crippen molar-refractivity contribution in [1.29, 1.82) is 5.41 Å². The van der Waals surface area contributed by atoms with Gasteiger partial charge in [0, 0.05) is 47.6 Å². The highest BCUT2D eigenvalue weighted by molar-refractivity contribution is 5.94. The number of hydrogen-bond donors (Lipinski definition) is 2. The number of hydrogen-bond acceptors (Lipinski definition) is 5. The van der Waals surface area contributed by atoms with Crippen LogP contribution in [0.25, 0.3) is 23.0 Å². The Morgan fingerprint density at radius 1 is 1.31 bits per heavy atom. The first kappa shape index (κ1) is 13.0. The highest BCUT2D eigenvalue weighted by Gasteiger charge is 2.22. The van der Waals surface area contributed by atoms with Crippen molar-refractivity contribution in [3.05, 3.63) is 47.1 Å². The highest BCUT2D eigenvalue weighted by Crippen LogP contribution is 2.33. The normalized spacial score (nSPS) is 26.8. The zero-order chi connectivity index (χ0) is 36.7. The fraction of sp³-hybridized carbons (Fsp3) is 0.462. The number of aromatic amines is 1. The summed E-state index contributed by atoms with van der Waals surface area (Å²) in [5.41, 5.74) is 5.31. The first-order valence-electron chi connectivity index (χ1n) is 17.3. The molecule has 4 heterocycles. The molecule has 35 heavy (non-hydrogen) atoms. The molecule has 0 aromatic carbocycles. The van der Waals surface area contributed by atoms with Gasteiger partial charge >= 0.3 is 0 Å². The number of nitrogens with one attached hydrogen (secondary N) is 2. The van der Waals surface area contributed by atoms with Gasteiger partial charge in [-0.25, -0.2) is 9.50 Å². The number of amides is 1. The van der Waals surface area contributed by atoms with E-state index in [-0.39, 0.29) is 15.7 Å². The standard InChI is InChI=1S/C26H36N8O/c1-17(2)21-13-20(30-25(21)22-14-34-26(28-16-29-34)19(4)18(22)3)7-8-23(27)32-9-11-33(12-10-32)24(35)15-31(5)6/h7-8,13-14,16-17,27,30H,9-12,15H2,1-6H3/b8-7-,27-23?/i5D3,9D2,10D2,11D2,12D2,15D2. The number of H-pyrrole nitrogens is 1. The minimum atomic E-state index is -3.83. The molecular weight excluding hydrogens is 440 g/mol. The van der Waals surface area contributed by atoms with Crippen molar-refractivity contribution in [2.24, 2.45) is 0 Å². The van der Waals surface area contributed by atoms with E-state index in [9.17, 15) is 4.79 Å². The maximum atomic E-state index is 13.4. The summed E-state index contributed by atoms with van der Waals surface area (Å²) in [6.45, 7) is -14.1. The van der Waals surface area contributed by atoms with Crippen molar-refractivity contribution >= 4 is 23.5 Å². The van der Waals surface area contributed by atoms with Gasteiger partial charge in [0.15, 0.2) is 5.65 Å². The number of likely N-dealkylation sites (N-methyl/N-ethyl adjacent to an activating group) is 1. The second kappa shape index (κ2) is 10.0. The summed E-state index contributed by atoms with van der Waals surface area (Å²) in [6.07, 6.45) is 5.50. The number of amidine groups is 1. The average molecular weight is 490 g/mol. The van der Waals surface area contributed by atoms with Crippen LogP contribution in [-0.4, -0.2) is 92.5 Å². The van der Waals surface area contributed by atoms with Crippen LogP contribution in [0.15, 0.2) is 24.7 Å². The van der Waals surface area contributed by atoms with Crippen LogP contribution in [-0.2, 0) is 4.79 Å². The number of fused-ring (bicyclic) bond motifs is 1. The molecule has 0 atom stereocenters. The minimum Gasteiger partial charge on any atom is -0.355 e. The van der Waals surface area contributed by atoms with Gasteiger partial charge in [0.05, 0.1) is 25.9 Å². The second-order valence-corrected chi connectivity index (χ2v) is 8.34. The van der Waals surface area contributed by atoms with E-state index in [4.69, 9.17) is 23.2 Å². The highest BCUT2D eigenvalue weighted by atomic mass is 16.2. The first-order chi connectivity index (χ1) is 21.6. The molecule has 2 N–H and O–H groups in total. The zero-order valence-corrected chi connectivity index (χ0v) is 20.1. The quantitative estimate of drug-likeness (QED) is 0.410. The predicted molar refractivity (Wildman–Crippen MR) is 140 cm³/mol. The monoisotopic (exact) mass is 489 g/mol. The van der Waals surface area contributed by atoms with E-state index in [1.165, 1.54) is 12.4 Å².